The van der Waals surface area contributed by atoms with E-state index in [0.717, 1.165) is 0 Å². The number of carboxylic acid groups (broad SMARTS) is 2. The topological polar surface area (TPSA) is 487 Å². The van der Waals surface area contributed by atoms with Crippen LogP contribution >= 0.6 is 0 Å². The summed E-state index contributed by atoms with van der Waals surface area (Å²) in [7, 11) is 0. The number of carboxylic acids is 2. The van der Waals surface area contributed by atoms with E-state index < -0.39 is 157 Å². The number of primary amides is 1. The van der Waals surface area contributed by atoms with Crippen LogP contribution in [-0.2, 0) is 52.7 Å². The molecule has 28 heteroatoms. The largest absolute Gasteiger partial charge is 0.481 e. The number of amides is 9. The highest BCUT2D eigenvalue weighted by Crippen LogP contribution is 2.14. The number of aliphatic carboxylic acids is 2. The van der Waals surface area contributed by atoms with Crippen molar-refractivity contribution in [2.75, 3.05) is 13.1 Å². The average Bonchev–Trinajstić information content (AvgIpc) is 3.31. The van der Waals surface area contributed by atoms with Gasteiger partial charge in [-0.25, -0.2) is 4.79 Å². The lowest BCUT2D eigenvalue weighted by Gasteiger charge is -2.30. The van der Waals surface area contributed by atoms with E-state index in [2.05, 4.69) is 47.5 Å². The molecule has 0 saturated heterocycles. The Morgan fingerprint density at radius 1 is 0.513 bits per heavy atom. The maximum Gasteiger partial charge on any atom is 0.326 e. The first-order valence-electron chi connectivity index (χ1n) is 25.7. The molecular formula is C48H88N14O14. The zero-order valence-electron chi connectivity index (χ0n) is 45.4. The molecule has 0 fully saturated rings. The maximum absolute atomic E-state index is 14.1. The van der Waals surface area contributed by atoms with E-state index in [4.69, 9.17) is 28.7 Å². The lowest BCUT2D eigenvalue weighted by Crippen LogP contribution is -2.62. The number of unbranched alkanes of at least 4 members (excludes halogenated alkanes) is 1. The Kier molecular flexibility index (Phi) is 32.4. The fourth-order valence-corrected chi connectivity index (χ4v) is 7.45. The molecule has 21 N–H and O–H groups in total. The van der Waals surface area contributed by atoms with E-state index >= 15 is 0 Å². The summed E-state index contributed by atoms with van der Waals surface area (Å²) in [6, 6.07) is -12.9. The van der Waals surface area contributed by atoms with Crippen LogP contribution in [0.5, 0.6) is 0 Å². The number of carbonyl (C=O) groups excluding carboxylic acids is 9. The fourth-order valence-electron chi connectivity index (χ4n) is 7.45. The molecule has 9 amide bonds. The number of carbonyl (C=O) groups is 11. The van der Waals surface area contributed by atoms with Gasteiger partial charge in [0.25, 0.3) is 0 Å². The number of aliphatic hydroxyl groups is 1. The summed E-state index contributed by atoms with van der Waals surface area (Å²) in [6.45, 7) is 15.1. The van der Waals surface area contributed by atoms with Gasteiger partial charge in [0.05, 0.1) is 12.5 Å². The van der Waals surface area contributed by atoms with Gasteiger partial charge in [0.15, 0.2) is 5.96 Å². The van der Waals surface area contributed by atoms with Crippen molar-refractivity contribution in [2.24, 2.45) is 57.3 Å². The molecule has 0 aromatic heterocycles. The summed E-state index contributed by atoms with van der Waals surface area (Å²) in [4.78, 5) is 150. The Labute approximate surface area is 444 Å². The third-order valence-electron chi connectivity index (χ3n) is 12.0. The number of aliphatic hydroxyl groups excluding tert-OH is 1. The van der Waals surface area contributed by atoms with Gasteiger partial charge in [-0.3, -0.25) is 52.9 Å². The number of nitrogens with zero attached hydrogens (tertiary/aromatic N) is 1. The first kappa shape index (κ1) is 69.3. The first-order chi connectivity index (χ1) is 35.4. The Morgan fingerprint density at radius 2 is 0.934 bits per heavy atom. The van der Waals surface area contributed by atoms with Gasteiger partial charge >= 0.3 is 11.9 Å². The van der Waals surface area contributed by atoms with Crippen molar-refractivity contribution < 1.29 is 68.1 Å². The smallest absolute Gasteiger partial charge is 0.326 e. The molecule has 434 valence electrons. The molecule has 0 aliphatic carbocycles. The third kappa shape index (κ3) is 27.2. The average molecular weight is 1090 g/mol. The van der Waals surface area contributed by atoms with Crippen LogP contribution in [0.3, 0.4) is 0 Å². The molecule has 0 radical (unpaired) electrons. The highest BCUT2D eigenvalue weighted by molar-refractivity contribution is 5.99. The van der Waals surface area contributed by atoms with E-state index in [1.807, 2.05) is 0 Å². The predicted octanol–water partition coefficient (Wildman–Crippen LogP) is -3.63. The van der Waals surface area contributed by atoms with E-state index in [-0.39, 0.29) is 56.4 Å². The van der Waals surface area contributed by atoms with Crippen LogP contribution in [0.15, 0.2) is 4.99 Å². The highest BCUT2D eigenvalue weighted by Gasteiger charge is 2.37. The molecule has 0 aromatic carbocycles. The van der Waals surface area contributed by atoms with Crippen LogP contribution in [-0.4, -0.2) is 160 Å². The zero-order valence-corrected chi connectivity index (χ0v) is 45.4. The minimum absolute atomic E-state index is 0.0547. The van der Waals surface area contributed by atoms with E-state index in [0.29, 0.717) is 25.8 Å². The molecule has 0 aliphatic heterocycles. The van der Waals surface area contributed by atoms with Gasteiger partial charge in [-0.05, 0) is 88.5 Å². The third-order valence-corrected chi connectivity index (χ3v) is 12.0. The molecular weight excluding hydrogens is 997 g/mol. The van der Waals surface area contributed by atoms with Crippen molar-refractivity contribution in [3.05, 3.63) is 0 Å². The molecule has 0 aromatic rings. The van der Waals surface area contributed by atoms with Gasteiger partial charge in [0.2, 0.25) is 53.2 Å². The lowest BCUT2D eigenvalue weighted by molar-refractivity contribution is -0.142. The molecule has 0 aliphatic rings. The van der Waals surface area contributed by atoms with Gasteiger partial charge in [-0.1, -0.05) is 61.8 Å². The maximum atomic E-state index is 14.1. The van der Waals surface area contributed by atoms with Crippen LogP contribution in [0.4, 0.5) is 0 Å². The first-order valence-corrected chi connectivity index (χ1v) is 25.7. The van der Waals surface area contributed by atoms with Gasteiger partial charge in [0.1, 0.15) is 54.4 Å². The lowest BCUT2D eigenvalue weighted by atomic mass is 9.96. The Morgan fingerprint density at radius 3 is 1.38 bits per heavy atom. The Bertz CT molecular complexity index is 1980. The zero-order chi connectivity index (χ0) is 58.6. The van der Waals surface area contributed by atoms with E-state index in [1.165, 1.54) is 6.92 Å². The molecule has 0 unspecified atom stereocenters. The summed E-state index contributed by atoms with van der Waals surface area (Å²) in [5, 5.41) is 49.2. The minimum atomic E-state index is -1.80. The molecule has 0 bridgehead atoms. The molecule has 0 spiro atoms. The summed E-state index contributed by atoms with van der Waals surface area (Å²) in [5.41, 5.74) is 27.7. The highest BCUT2D eigenvalue weighted by atomic mass is 16.4. The second-order valence-corrected chi connectivity index (χ2v) is 20.2. The van der Waals surface area contributed by atoms with Gasteiger partial charge in [-0.15, -0.1) is 0 Å². The number of nitrogens with one attached hydrogen (secondary N) is 8. The molecule has 0 saturated carbocycles. The SMILES string of the molecule is CC[C@H](C)[C@H](NC(=O)[C@H](CC(C)C)NC(=O)[C@@H](N)[C@@H](C)O)C(=O)N[C@@H](CC(N)=O)C(=O)N[C@@H](CCC(=O)O)C(=O)N[C@@H](CC(C)C)C(=O)N[C@H](C(=O)N[C@@H](CCCN=C(N)N)C(=O)N[C@@H](CCCCN)C(=O)O)C(C)C. The molecule has 0 heterocycles. The number of guanidine groups is 1. The van der Waals surface area contributed by atoms with Gasteiger partial charge in [-0.2, -0.15) is 0 Å². The molecule has 28 nitrogen and oxygen atoms in total. The minimum Gasteiger partial charge on any atom is -0.481 e. The predicted molar refractivity (Wildman–Crippen MR) is 279 cm³/mol. The summed E-state index contributed by atoms with van der Waals surface area (Å²) in [5.74, 6) is -13.1. The second-order valence-electron chi connectivity index (χ2n) is 20.2. The number of hydrogen-bond donors (Lipinski definition) is 16. The van der Waals surface area contributed by atoms with Crippen LogP contribution in [0.25, 0.3) is 0 Å². The Balaban J connectivity index is 6.79. The summed E-state index contributed by atoms with van der Waals surface area (Å²) >= 11 is 0. The van der Waals surface area contributed by atoms with Gasteiger partial charge < -0.3 is 86.5 Å². The van der Waals surface area contributed by atoms with Crippen molar-refractivity contribution in [3.8, 4) is 0 Å². The van der Waals surface area contributed by atoms with Crippen LogP contribution in [0.1, 0.15) is 133 Å². The number of nitrogens with two attached hydrogens (primary N) is 5. The van der Waals surface area contributed by atoms with Crippen molar-refractivity contribution in [2.45, 2.75) is 193 Å². The molecule has 11 atom stereocenters. The van der Waals surface area contributed by atoms with Crippen LogP contribution < -0.4 is 71.2 Å². The normalized spacial score (nSPS) is 15.6. The quantitative estimate of drug-likeness (QED) is 0.0161. The molecule has 0 rings (SSSR count). The van der Waals surface area contributed by atoms with Crippen molar-refractivity contribution in [1.82, 2.24) is 42.5 Å². The Hall–Kier alpha value is -6.68. The van der Waals surface area contributed by atoms with Crippen molar-refractivity contribution in [1.29, 1.82) is 0 Å². The fraction of sp³-hybridized carbons (Fsp3) is 0.750. The van der Waals surface area contributed by atoms with Crippen LogP contribution in [0.2, 0.25) is 0 Å². The standard InChI is InChI=1S/C48H88N14O14/c1-10-26(8)38(62-43(71)32(21-24(4)5)59-44(72)36(51)27(9)63)46(74)60-33(22-34(50)64)41(69)55-29(16-17-35(65)66)40(68)58-31(20-23(2)3)42(70)61-37(25(6)7)45(73)56-28(15-13-19-54-48(52)53)39(67)57-30(47(75)76)14-11-12-18-49/h23-33,36-38,63H,10-22,49,51H2,1-9H3,(H2,50,64)(H,55,69)(H,56,73)(H,57,67)(H,58,68)(H,59,72)(H,60,74)(H,61,70)(H,62,71)(H,65,66)(H,75,76)(H4,52,53,54)/t26-,27+,28-,29-,30-,31-,32-,33-,36-,37-,38-/m0/s1. The van der Waals surface area contributed by atoms with E-state index in [1.54, 1.807) is 55.4 Å². The molecule has 76 heavy (non-hydrogen) atoms. The number of aliphatic imine (C=N–C) groups is 1. The van der Waals surface area contributed by atoms with Crippen LogP contribution in [0, 0.1) is 23.7 Å². The number of hydrogen-bond acceptors (Lipinski definition) is 15. The van der Waals surface area contributed by atoms with Gasteiger partial charge in [0, 0.05) is 13.0 Å². The van der Waals surface area contributed by atoms with Crippen molar-refractivity contribution in [3.63, 3.8) is 0 Å². The summed E-state index contributed by atoms with van der Waals surface area (Å²) < 4.78 is 0. The monoisotopic (exact) mass is 1080 g/mol. The number of rotatable bonds is 38. The second kappa shape index (κ2) is 35.6. The summed E-state index contributed by atoms with van der Waals surface area (Å²) in [6.07, 6.45) is -1.95. The van der Waals surface area contributed by atoms with Crippen molar-refractivity contribution >= 4 is 71.1 Å². The van der Waals surface area contributed by atoms with E-state index in [9.17, 15) is 68.1 Å².